The number of fused-ring (bicyclic) bond motifs is 1. The van der Waals surface area contributed by atoms with E-state index in [-0.39, 0.29) is 5.82 Å². The van der Waals surface area contributed by atoms with Crippen molar-refractivity contribution in [3.8, 4) is 0 Å². The SMILES string of the molecule is Fc1ccccc1CN1CCN2CCCC2C1. The molecule has 2 aliphatic heterocycles. The maximum absolute atomic E-state index is 13.6. The van der Waals surface area contributed by atoms with Gasteiger partial charge in [0.1, 0.15) is 5.82 Å². The Morgan fingerprint density at radius 2 is 2.06 bits per heavy atom. The standard InChI is InChI=1S/C14H19FN2/c15-14-6-2-1-4-12(14)10-16-8-9-17-7-3-5-13(17)11-16/h1-2,4,6,13H,3,5,7-11H2. The van der Waals surface area contributed by atoms with Crippen LogP contribution in [-0.4, -0.2) is 42.0 Å². The number of rotatable bonds is 2. The quantitative estimate of drug-likeness (QED) is 0.773. The fourth-order valence-electron chi connectivity index (χ4n) is 3.07. The van der Waals surface area contributed by atoms with Gasteiger partial charge in [-0.25, -0.2) is 4.39 Å². The van der Waals surface area contributed by atoms with Gasteiger partial charge in [0.05, 0.1) is 0 Å². The molecule has 17 heavy (non-hydrogen) atoms. The van der Waals surface area contributed by atoms with E-state index in [1.54, 1.807) is 12.1 Å². The minimum atomic E-state index is -0.0682. The first-order valence-corrected chi connectivity index (χ1v) is 6.53. The van der Waals surface area contributed by atoms with Gasteiger partial charge in [0.15, 0.2) is 0 Å². The molecule has 1 aromatic carbocycles. The van der Waals surface area contributed by atoms with Crippen LogP contribution in [0.1, 0.15) is 18.4 Å². The molecule has 3 rings (SSSR count). The molecule has 0 amide bonds. The van der Waals surface area contributed by atoms with E-state index in [4.69, 9.17) is 0 Å². The van der Waals surface area contributed by atoms with Crippen LogP contribution in [0, 0.1) is 5.82 Å². The highest BCUT2D eigenvalue weighted by Crippen LogP contribution is 2.22. The average Bonchev–Trinajstić information content (AvgIpc) is 2.79. The Morgan fingerprint density at radius 3 is 2.94 bits per heavy atom. The third-order valence-corrected chi connectivity index (χ3v) is 4.02. The smallest absolute Gasteiger partial charge is 0.127 e. The van der Waals surface area contributed by atoms with E-state index in [2.05, 4.69) is 9.80 Å². The molecule has 0 saturated carbocycles. The van der Waals surface area contributed by atoms with Crippen molar-refractivity contribution in [2.24, 2.45) is 0 Å². The van der Waals surface area contributed by atoms with Crippen LogP contribution in [0.2, 0.25) is 0 Å². The molecule has 1 unspecified atom stereocenters. The Hall–Kier alpha value is -0.930. The Kier molecular flexibility index (Phi) is 3.12. The molecule has 1 aromatic rings. The van der Waals surface area contributed by atoms with E-state index in [9.17, 15) is 4.39 Å². The minimum Gasteiger partial charge on any atom is -0.298 e. The summed E-state index contributed by atoms with van der Waals surface area (Å²) < 4.78 is 13.6. The van der Waals surface area contributed by atoms with Crippen molar-refractivity contribution in [1.82, 2.24) is 9.80 Å². The van der Waals surface area contributed by atoms with Crippen LogP contribution in [-0.2, 0) is 6.54 Å². The van der Waals surface area contributed by atoms with Gasteiger partial charge in [-0.05, 0) is 25.5 Å². The van der Waals surface area contributed by atoms with Gasteiger partial charge in [0.2, 0.25) is 0 Å². The highest BCUT2D eigenvalue weighted by atomic mass is 19.1. The average molecular weight is 234 g/mol. The molecule has 0 spiro atoms. The number of halogens is 1. The summed E-state index contributed by atoms with van der Waals surface area (Å²) >= 11 is 0. The van der Waals surface area contributed by atoms with Gasteiger partial charge in [-0.3, -0.25) is 9.80 Å². The second-order valence-corrected chi connectivity index (χ2v) is 5.16. The number of hydrogen-bond acceptors (Lipinski definition) is 2. The van der Waals surface area contributed by atoms with Crippen molar-refractivity contribution < 1.29 is 4.39 Å². The first-order chi connectivity index (χ1) is 8.33. The maximum atomic E-state index is 13.6. The molecule has 0 radical (unpaired) electrons. The molecule has 2 aliphatic rings. The summed E-state index contributed by atoms with van der Waals surface area (Å²) in [6.45, 7) is 5.35. The molecule has 2 fully saturated rings. The molecule has 0 N–H and O–H groups in total. The topological polar surface area (TPSA) is 6.48 Å². The van der Waals surface area contributed by atoms with E-state index in [0.29, 0.717) is 0 Å². The van der Waals surface area contributed by atoms with E-state index < -0.39 is 0 Å². The lowest BCUT2D eigenvalue weighted by Crippen LogP contribution is -2.49. The summed E-state index contributed by atoms with van der Waals surface area (Å²) in [7, 11) is 0. The molecule has 2 nitrogen and oxygen atoms in total. The van der Waals surface area contributed by atoms with Crippen LogP contribution in [0.25, 0.3) is 0 Å². The second kappa shape index (κ2) is 4.75. The fraction of sp³-hybridized carbons (Fsp3) is 0.571. The van der Waals surface area contributed by atoms with Crippen molar-refractivity contribution >= 4 is 0 Å². The zero-order valence-electron chi connectivity index (χ0n) is 10.1. The minimum absolute atomic E-state index is 0.0682. The second-order valence-electron chi connectivity index (χ2n) is 5.16. The maximum Gasteiger partial charge on any atom is 0.127 e. The molecular weight excluding hydrogens is 215 g/mol. The zero-order valence-corrected chi connectivity index (χ0v) is 10.1. The van der Waals surface area contributed by atoms with Crippen LogP contribution in [0.15, 0.2) is 24.3 Å². The van der Waals surface area contributed by atoms with E-state index in [1.807, 2.05) is 12.1 Å². The largest absolute Gasteiger partial charge is 0.298 e. The molecule has 0 bridgehead atoms. The van der Waals surface area contributed by atoms with Crippen molar-refractivity contribution in [1.29, 1.82) is 0 Å². The lowest BCUT2D eigenvalue weighted by atomic mass is 10.1. The van der Waals surface area contributed by atoms with Gasteiger partial charge in [0, 0.05) is 37.8 Å². The predicted octanol–water partition coefficient (Wildman–Crippen LogP) is 2.11. The Labute approximate surface area is 102 Å². The number of nitrogens with zero attached hydrogens (tertiary/aromatic N) is 2. The molecule has 92 valence electrons. The van der Waals surface area contributed by atoms with Crippen molar-refractivity contribution in [2.45, 2.75) is 25.4 Å². The number of piperazine rings is 1. The Bertz CT molecular complexity index is 394. The molecule has 1 atom stereocenters. The van der Waals surface area contributed by atoms with Crippen LogP contribution in [0.4, 0.5) is 4.39 Å². The monoisotopic (exact) mass is 234 g/mol. The van der Waals surface area contributed by atoms with Gasteiger partial charge in [-0.15, -0.1) is 0 Å². The van der Waals surface area contributed by atoms with Crippen LogP contribution in [0.5, 0.6) is 0 Å². The first-order valence-electron chi connectivity index (χ1n) is 6.53. The molecule has 2 saturated heterocycles. The van der Waals surface area contributed by atoms with E-state index in [0.717, 1.165) is 37.8 Å². The third-order valence-electron chi connectivity index (χ3n) is 4.02. The summed E-state index contributed by atoms with van der Waals surface area (Å²) in [6.07, 6.45) is 2.64. The molecule has 2 heterocycles. The first kappa shape index (κ1) is 11.2. The van der Waals surface area contributed by atoms with Crippen molar-refractivity contribution in [2.75, 3.05) is 26.2 Å². The van der Waals surface area contributed by atoms with E-state index in [1.165, 1.54) is 19.4 Å². The Balaban J connectivity index is 1.64. The fourth-order valence-corrected chi connectivity index (χ4v) is 3.07. The lowest BCUT2D eigenvalue weighted by Gasteiger charge is -2.37. The highest BCUT2D eigenvalue weighted by molar-refractivity contribution is 5.17. The number of hydrogen-bond donors (Lipinski definition) is 0. The van der Waals surface area contributed by atoms with Gasteiger partial charge in [-0.2, -0.15) is 0 Å². The molecule has 0 aromatic heterocycles. The normalized spacial score (nSPS) is 26.1. The summed E-state index contributed by atoms with van der Waals surface area (Å²) in [4.78, 5) is 4.97. The van der Waals surface area contributed by atoms with Crippen LogP contribution < -0.4 is 0 Å². The zero-order chi connectivity index (χ0) is 11.7. The Morgan fingerprint density at radius 1 is 1.18 bits per heavy atom. The number of benzene rings is 1. The molecule has 3 heteroatoms. The lowest BCUT2D eigenvalue weighted by molar-refractivity contribution is 0.0985. The van der Waals surface area contributed by atoms with Crippen LogP contribution >= 0.6 is 0 Å². The van der Waals surface area contributed by atoms with Gasteiger partial charge in [-0.1, -0.05) is 18.2 Å². The van der Waals surface area contributed by atoms with E-state index >= 15 is 0 Å². The predicted molar refractivity (Wildman–Crippen MR) is 66.3 cm³/mol. The summed E-state index contributed by atoms with van der Waals surface area (Å²) in [5.41, 5.74) is 0.832. The third kappa shape index (κ3) is 2.35. The van der Waals surface area contributed by atoms with Crippen molar-refractivity contribution in [3.63, 3.8) is 0 Å². The molecular formula is C14H19FN2. The molecule has 0 aliphatic carbocycles. The van der Waals surface area contributed by atoms with Gasteiger partial charge >= 0.3 is 0 Å². The highest BCUT2D eigenvalue weighted by Gasteiger charge is 2.30. The summed E-state index contributed by atoms with van der Waals surface area (Å²) in [5, 5.41) is 0. The van der Waals surface area contributed by atoms with Crippen LogP contribution in [0.3, 0.4) is 0 Å². The summed E-state index contributed by atoms with van der Waals surface area (Å²) in [5.74, 6) is -0.0682. The van der Waals surface area contributed by atoms with Crippen molar-refractivity contribution in [3.05, 3.63) is 35.6 Å². The van der Waals surface area contributed by atoms with Gasteiger partial charge in [0.25, 0.3) is 0 Å². The van der Waals surface area contributed by atoms with Gasteiger partial charge < -0.3 is 0 Å². The summed E-state index contributed by atoms with van der Waals surface area (Å²) in [6, 6.07) is 7.85.